The van der Waals surface area contributed by atoms with Crippen molar-refractivity contribution in [2.45, 2.75) is 51.2 Å². The molecule has 4 unspecified atom stereocenters. The Morgan fingerprint density at radius 3 is 2.72 bits per heavy atom. The van der Waals surface area contributed by atoms with E-state index in [2.05, 4.69) is 17.6 Å². The number of hydrogen-bond acceptors (Lipinski definition) is 3. The van der Waals surface area contributed by atoms with E-state index in [1.165, 1.54) is 25.7 Å². The minimum Gasteiger partial charge on any atom is -0.392 e. The third-order valence-corrected chi connectivity index (χ3v) is 4.25. The molecule has 2 aliphatic rings. The van der Waals surface area contributed by atoms with Crippen LogP contribution < -0.4 is 10.6 Å². The van der Waals surface area contributed by atoms with Crippen molar-refractivity contribution in [3.05, 3.63) is 0 Å². The van der Waals surface area contributed by atoms with E-state index in [4.69, 9.17) is 0 Å². The molecule has 1 saturated carbocycles. The summed E-state index contributed by atoms with van der Waals surface area (Å²) in [6.45, 7) is 3.62. The molecule has 4 nitrogen and oxygen atoms in total. The predicted octanol–water partition coefficient (Wildman–Crippen LogP) is 1.07. The Morgan fingerprint density at radius 2 is 2.11 bits per heavy atom. The molecular formula is C13H25ClN2O2. The second kappa shape index (κ2) is 7.31. The second-order valence-electron chi connectivity index (χ2n) is 5.62. The molecule has 0 radical (unpaired) electrons. The fraction of sp³-hybridized carbons (Fsp3) is 0.923. The molecule has 1 heterocycles. The van der Waals surface area contributed by atoms with Gasteiger partial charge in [-0.2, -0.15) is 0 Å². The maximum absolute atomic E-state index is 11.9. The molecule has 5 heteroatoms. The number of halogens is 1. The van der Waals surface area contributed by atoms with E-state index in [0.29, 0.717) is 18.9 Å². The maximum atomic E-state index is 11.9. The van der Waals surface area contributed by atoms with Gasteiger partial charge in [0.2, 0.25) is 5.91 Å². The number of carbonyl (C=O) groups excluding carboxylic acids is 1. The fourth-order valence-electron chi connectivity index (χ4n) is 2.97. The molecule has 2 fully saturated rings. The van der Waals surface area contributed by atoms with Crippen LogP contribution in [-0.2, 0) is 4.79 Å². The second-order valence-corrected chi connectivity index (χ2v) is 5.62. The molecule has 1 amide bonds. The van der Waals surface area contributed by atoms with Crippen LogP contribution in [0.4, 0.5) is 0 Å². The van der Waals surface area contributed by atoms with Gasteiger partial charge in [-0.25, -0.2) is 0 Å². The van der Waals surface area contributed by atoms with Crippen molar-refractivity contribution in [1.29, 1.82) is 0 Å². The van der Waals surface area contributed by atoms with E-state index >= 15 is 0 Å². The molecule has 3 N–H and O–H groups in total. The summed E-state index contributed by atoms with van der Waals surface area (Å²) in [7, 11) is 0. The number of hydrogen-bond donors (Lipinski definition) is 3. The van der Waals surface area contributed by atoms with Gasteiger partial charge >= 0.3 is 0 Å². The van der Waals surface area contributed by atoms with Crippen molar-refractivity contribution < 1.29 is 9.90 Å². The van der Waals surface area contributed by atoms with E-state index in [-0.39, 0.29) is 30.5 Å². The number of amides is 1. The molecule has 0 bridgehead atoms. The van der Waals surface area contributed by atoms with Crippen LogP contribution in [0, 0.1) is 11.8 Å². The molecule has 0 aromatic carbocycles. The molecular weight excluding hydrogens is 252 g/mol. The standard InChI is InChI=1S/C13H24N2O2.ClH/c1-9-4-2-3-5-10(9)7-15-13(17)12-6-11(16)8-14-12;/h9-12,14,16H,2-8H2,1H3,(H,15,17);1H. The molecule has 1 aliphatic heterocycles. The Balaban J connectivity index is 0.00000162. The smallest absolute Gasteiger partial charge is 0.237 e. The number of nitrogens with one attached hydrogen (secondary N) is 2. The van der Waals surface area contributed by atoms with E-state index in [1.807, 2.05) is 0 Å². The molecule has 0 aromatic heterocycles. The van der Waals surface area contributed by atoms with Gasteiger partial charge in [0, 0.05) is 13.1 Å². The highest BCUT2D eigenvalue weighted by Gasteiger charge is 2.29. The van der Waals surface area contributed by atoms with Gasteiger partial charge in [-0.1, -0.05) is 26.2 Å². The van der Waals surface area contributed by atoms with Gasteiger partial charge in [-0.3, -0.25) is 4.79 Å². The number of rotatable bonds is 3. The van der Waals surface area contributed by atoms with Crippen LogP contribution in [0.5, 0.6) is 0 Å². The van der Waals surface area contributed by atoms with Crippen LogP contribution in [0.25, 0.3) is 0 Å². The van der Waals surface area contributed by atoms with E-state index < -0.39 is 0 Å². The number of aliphatic hydroxyl groups excluding tert-OH is 1. The summed E-state index contributed by atoms with van der Waals surface area (Å²) < 4.78 is 0. The lowest BCUT2D eigenvalue weighted by Gasteiger charge is -2.29. The summed E-state index contributed by atoms with van der Waals surface area (Å²) >= 11 is 0. The van der Waals surface area contributed by atoms with Crippen molar-refractivity contribution in [1.82, 2.24) is 10.6 Å². The first-order valence-corrected chi connectivity index (χ1v) is 6.86. The van der Waals surface area contributed by atoms with Gasteiger partial charge < -0.3 is 15.7 Å². The largest absolute Gasteiger partial charge is 0.392 e. The first-order valence-electron chi connectivity index (χ1n) is 6.86. The summed E-state index contributed by atoms with van der Waals surface area (Å²) in [6.07, 6.45) is 5.35. The Bertz CT molecular complexity index is 276. The molecule has 0 aromatic rings. The topological polar surface area (TPSA) is 61.4 Å². The van der Waals surface area contributed by atoms with Crippen molar-refractivity contribution in [2.75, 3.05) is 13.1 Å². The number of carbonyl (C=O) groups is 1. The van der Waals surface area contributed by atoms with E-state index in [1.54, 1.807) is 0 Å². The number of β-amino-alcohol motifs (C(OH)–C–C–N with tert-alkyl or cyclic N) is 1. The van der Waals surface area contributed by atoms with Crippen LogP contribution in [0.3, 0.4) is 0 Å². The average Bonchev–Trinajstić information content (AvgIpc) is 2.74. The Hall–Kier alpha value is -0.320. The summed E-state index contributed by atoms with van der Waals surface area (Å²) in [4.78, 5) is 11.9. The highest BCUT2D eigenvalue weighted by molar-refractivity contribution is 5.85. The highest BCUT2D eigenvalue weighted by atomic mass is 35.5. The summed E-state index contributed by atoms with van der Waals surface area (Å²) in [5.41, 5.74) is 0. The van der Waals surface area contributed by atoms with Gasteiger partial charge in [0.1, 0.15) is 0 Å². The molecule has 2 rings (SSSR count). The highest BCUT2D eigenvalue weighted by Crippen LogP contribution is 2.28. The minimum atomic E-state index is -0.362. The Labute approximate surface area is 115 Å². The lowest BCUT2D eigenvalue weighted by molar-refractivity contribution is -0.123. The zero-order valence-electron chi connectivity index (χ0n) is 11.0. The van der Waals surface area contributed by atoms with Crippen molar-refractivity contribution in [3.63, 3.8) is 0 Å². The molecule has 18 heavy (non-hydrogen) atoms. The molecule has 106 valence electrons. The Morgan fingerprint density at radius 1 is 1.39 bits per heavy atom. The van der Waals surface area contributed by atoms with Crippen LogP contribution in [-0.4, -0.2) is 36.2 Å². The summed E-state index contributed by atoms with van der Waals surface area (Å²) in [5, 5.41) is 15.4. The van der Waals surface area contributed by atoms with Gasteiger partial charge in [-0.15, -0.1) is 12.4 Å². The third kappa shape index (κ3) is 4.11. The quantitative estimate of drug-likeness (QED) is 0.723. The first-order chi connectivity index (χ1) is 8.16. The van der Waals surface area contributed by atoms with Crippen LogP contribution in [0.15, 0.2) is 0 Å². The van der Waals surface area contributed by atoms with Crippen molar-refractivity contribution in [3.8, 4) is 0 Å². The lowest BCUT2D eigenvalue weighted by atomic mass is 9.80. The van der Waals surface area contributed by atoms with Gasteiger partial charge in [0.25, 0.3) is 0 Å². The summed E-state index contributed by atoms with van der Waals surface area (Å²) in [6, 6.07) is -0.191. The third-order valence-electron chi connectivity index (χ3n) is 4.25. The molecule has 1 aliphatic carbocycles. The Kier molecular flexibility index (Phi) is 6.39. The average molecular weight is 277 g/mol. The molecule has 0 spiro atoms. The summed E-state index contributed by atoms with van der Waals surface area (Å²) in [5.74, 6) is 1.42. The number of aliphatic hydroxyl groups is 1. The predicted molar refractivity (Wildman–Crippen MR) is 73.8 cm³/mol. The van der Waals surface area contributed by atoms with E-state index in [9.17, 15) is 9.90 Å². The van der Waals surface area contributed by atoms with Gasteiger partial charge in [0.05, 0.1) is 12.1 Å². The van der Waals surface area contributed by atoms with Crippen LogP contribution in [0.2, 0.25) is 0 Å². The minimum absolute atomic E-state index is 0. The lowest BCUT2D eigenvalue weighted by Crippen LogP contribution is -2.43. The normalized spacial score (nSPS) is 35.9. The molecule has 4 atom stereocenters. The van der Waals surface area contributed by atoms with E-state index in [0.717, 1.165) is 12.5 Å². The monoisotopic (exact) mass is 276 g/mol. The van der Waals surface area contributed by atoms with Gasteiger partial charge in [0.15, 0.2) is 0 Å². The van der Waals surface area contributed by atoms with Crippen LogP contribution >= 0.6 is 12.4 Å². The van der Waals surface area contributed by atoms with Crippen molar-refractivity contribution >= 4 is 18.3 Å². The first kappa shape index (κ1) is 15.7. The van der Waals surface area contributed by atoms with Crippen LogP contribution in [0.1, 0.15) is 39.0 Å². The molecule has 1 saturated heterocycles. The zero-order chi connectivity index (χ0) is 12.3. The van der Waals surface area contributed by atoms with Gasteiger partial charge in [-0.05, 0) is 24.7 Å². The zero-order valence-corrected chi connectivity index (χ0v) is 11.8. The fourth-order valence-corrected chi connectivity index (χ4v) is 2.97. The maximum Gasteiger partial charge on any atom is 0.237 e. The van der Waals surface area contributed by atoms with Crippen molar-refractivity contribution in [2.24, 2.45) is 11.8 Å². The SMILES string of the molecule is CC1CCCCC1CNC(=O)C1CC(O)CN1.Cl.